The van der Waals surface area contributed by atoms with E-state index < -0.39 is 5.69 Å². The first-order chi connectivity index (χ1) is 16.4. The van der Waals surface area contributed by atoms with Gasteiger partial charge >= 0.3 is 5.69 Å². The fraction of sp³-hybridized carbons (Fsp3) is 0.304. The number of H-pyrrole nitrogens is 2. The SMILES string of the molecule is O=c1[nH]c(O)c(C=c2cnn3c(=NCC4(CO)CCCC4)cc(Nc4cccc(Cl)c4)nc23)[nH]1. The van der Waals surface area contributed by atoms with Crippen LogP contribution in [0.2, 0.25) is 5.02 Å². The van der Waals surface area contributed by atoms with Crippen LogP contribution in [-0.4, -0.2) is 47.9 Å². The topological polar surface area (TPSA) is 144 Å². The number of aliphatic hydroxyl groups excluding tert-OH is 1. The monoisotopic (exact) mass is 481 g/mol. The van der Waals surface area contributed by atoms with Gasteiger partial charge in [0.15, 0.2) is 11.1 Å². The van der Waals surface area contributed by atoms with Crippen molar-refractivity contribution >= 4 is 34.8 Å². The van der Waals surface area contributed by atoms with Gasteiger partial charge < -0.3 is 20.5 Å². The second-order valence-electron chi connectivity index (χ2n) is 8.64. The molecule has 1 aromatic carbocycles. The fourth-order valence-electron chi connectivity index (χ4n) is 4.34. The summed E-state index contributed by atoms with van der Waals surface area (Å²) in [4.78, 5) is 25.9. The molecule has 0 amide bonds. The van der Waals surface area contributed by atoms with Crippen LogP contribution < -0.4 is 21.7 Å². The summed E-state index contributed by atoms with van der Waals surface area (Å²) in [5.74, 6) is 0.258. The third-order valence-electron chi connectivity index (χ3n) is 6.19. The number of aromatic nitrogens is 5. The van der Waals surface area contributed by atoms with E-state index in [1.54, 1.807) is 35.0 Å². The van der Waals surface area contributed by atoms with Crippen molar-refractivity contribution in [1.29, 1.82) is 0 Å². The molecule has 11 heteroatoms. The van der Waals surface area contributed by atoms with Gasteiger partial charge in [-0.3, -0.25) is 9.98 Å². The van der Waals surface area contributed by atoms with Gasteiger partial charge in [-0.1, -0.05) is 30.5 Å². The van der Waals surface area contributed by atoms with E-state index >= 15 is 0 Å². The zero-order valence-corrected chi connectivity index (χ0v) is 19.0. The van der Waals surface area contributed by atoms with E-state index in [4.69, 9.17) is 21.6 Å². The van der Waals surface area contributed by atoms with E-state index in [0.717, 1.165) is 31.4 Å². The van der Waals surface area contributed by atoms with Crippen LogP contribution in [-0.2, 0) is 0 Å². The quantitative estimate of drug-likeness (QED) is 0.284. The Bertz CT molecular complexity index is 1520. The minimum absolute atomic E-state index is 0.0939. The van der Waals surface area contributed by atoms with Crippen molar-refractivity contribution in [2.24, 2.45) is 10.4 Å². The van der Waals surface area contributed by atoms with Gasteiger partial charge in [0.1, 0.15) is 11.5 Å². The number of hydrogen-bond donors (Lipinski definition) is 5. The zero-order chi connectivity index (χ0) is 23.7. The van der Waals surface area contributed by atoms with Gasteiger partial charge in [0, 0.05) is 34.0 Å². The van der Waals surface area contributed by atoms with Crippen molar-refractivity contribution < 1.29 is 10.2 Å². The number of nitrogens with one attached hydrogen (secondary N) is 3. The summed E-state index contributed by atoms with van der Waals surface area (Å²) < 4.78 is 1.61. The summed E-state index contributed by atoms with van der Waals surface area (Å²) in [6.07, 6.45) is 7.22. The summed E-state index contributed by atoms with van der Waals surface area (Å²) >= 11 is 6.13. The lowest BCUT2D eigenvalue weighted by atomic mass is 9.87. The predicted octanol–water partition coefficient (Wildman–Crippen LogP) is 1.85. The summed E-state index contributed by atoms with van der Waals surface area (Å²) in [5, 5.41) is 28.8. The molecule has 0 radical (unpaired) electrons. The van der Waals surface area contributed by atoms with Gasteiger partial charge in [0.2, 0.25) is 5.88 Å². The van der Waals surface area contributed by atoms with Crippen molar-refractivity contribution in [3.63, 3.8) is 0 Å². The number of benzene rings is 1. The number of fused-ring (bicyclic) bond motifs is 1. The molecule has 0 spiro atoms. The van der Waals surface area contributed by atoms with E-state index in [0.29, 0.717) is 33.7 Å². The van der Waals surface area contributed by atoms with Crippen LogP contribution in [0.15, 0.2) is 46.3 Å². The maximum absolute atomic E-state index is 11.5. The molecule has 10 nitrogen and oxygen atoms in total. The highest BCUT2D eigenvalue weighted by molar-refractivity contribution is 6.30. The van der Waals surface area contributed by atoms with Gasteiger partial charge in [-0.05, 0) is 37.1 Å². The van der Waals surface area contributed by atoms with Crippen LogP contribution in [0, 0.1) is 5.41 Å². The summed E-state index contributed by atoms with van der Waals surface area (Å²) in [6, 6.07) is 9.08. The van der Waals surface area contributed by atoms with E-state index in [9.17, 15) is 15.0 Å². The Balaban J connectivity index is 1.65. The first-order valence-electron chi connectivity index (χ1n) is 11.0. The van der Waals surface area contributed by atoms with Crippen LogP contribution in [0.3, 0.4) is 0 Å². The third-order valence-corrected chi connectivity index (χ3v) is 6.42. The zero-order valence-electron chi connectivity index (χ0n) is 18.3. The Morgan fingerprint density at radius 3 is 2.79 bits per heavy atom. The molecule has 0 unspecified atom stereocenters. The molecule has 176 valence electrons. The third kappa shape index (κ3) is 4.42. The highest BCUT2D eigenvalue weighted by atomic mass is 35.5. The average Bonchev–Trinajstić information content (AvgIpc) is 3.52. The van der Waals surface area contributed by atoms with Gasteiger partial charge in [-0.25, -0.2) is 9.78 Å². The molecular formula is C23H24ClN7O3. The molecule has 5 rings (SSSR count). The average molecular weight is 482 g/mol. The van der Waals surface area contributed by atoms with Crippen LogP contribution in [0.25, 0.3) is 11.7 Å². The largest absolute Gasteiger partial charge is 0.493 e. The normalized spacial score (nSPS) is 16.5. The van der Waals surface area contributed by atoms with Gasteiger partial charge in [0.25, 0.3) is 0 Å². The van der Waals surface area contributed by atoms with Gasteiger partial charge in [-0.15, -0.1) is 0 Å². The highest BCUT2D eigenvalue weighted by Crippen LogP contribution is 2.37. The maximum Gasteiger partial charge on any atom is 0.326 e. The van der Waals surface area contributed by atoms with Crippen LogP contribution in [0.5, 0.6) is 5.88 Å². The standard InChI is InChI=1S/C23H24ClN7O3/c24-15-4-3-5-16(9-15)27-18-10-19(25-12-23(13-32)6-1-2-7-23)31-20(29-18)14(11-26-31)8-17-21(33)30-22(34)28-17/h3-5,8-11,27,32-33H,1-2,6-7,12-13H2,(H2,28,30,34). The van der Waals surface area contributed by atoms with E-state index in [-0.39, 0.29) is 23.6 Å². The molecule has 1 aliphatic rings. The van der Waals surface area contributed by atoms with Crippen LogP contribution in [0.4, 0.5) is 11.5 Å². The number of anilines is 2. The molecular weight excluding hydrogens is 458 g/mol. The number of nitrogens with zero attached hydrogens (tertiary/aromatic N) is 4. The number of aromatic amines is 2. The Hall–Kier alpha value is -3.63. The molecule has 0 saturated heterocycles. The smallest absolute Gasteiger partial charge is 0.326 e. The first kappa shape index (κ1) is 22.2. The molecule has 5 N–H and O–H groups in total. The maximum atomic E-state index is 11.5. The number of hydrogen-bond acceptors (Lipinski definition) is 7. The fourth-order valence-corrected chi connectivity index (χ4v) is 4.53. The molecule has 0 aliphatic heterocycles. The Labute approximate surface area is 198 Å². The molecule has 0 atom stereocenters. The molecule has 3 heterocycles. The van der Waals surface area contributed by atoms with Crippen molar-refractivity contribution in [2.45, 2.75) is 25.7 Å². The minimum atomic E-state index is -0.516. The van der Waals surface area contributed by atoms with Crippen molar-refractivity contribution in [2.75, 3.05) is 18.5 Å². The lowest BCUT2D eigenvalue weighted by Gasteiger charge is -2.23. The van der Waals surface area contributed by atoms with Crippen molar-refractivity contribution in [1.82, 2.24) is 24.6 Å². The highest BCUT2D eigenvalue weighted by Gasteiger charge is 2.32. The van der Waals surface area contributed by atoms with Gasteiger partial charge in [0.05, 0.1) is 12.8 Å². The van der Waals surface area contributed by atoms with E-state index in [1.807, 2.05) is 12.1 Å². The van der Waals surface area contributed by atoms with Gasteiger partial charge in [-0.2, -0.15) is 9.61 Å². The number of aliphatic hydroxyl groups is 1. The lowest BCUT2D eigenvalue weighted by Crippen LogP contribution is -2.28. The number of halogens is 1. The molecule has 0 bridgehead atoms. The molecule has 1 saturated carbocycles. The van der Waals surface area contributed by atoms with E-state index in [2.05, 4.69) is 20.4 Å². The second-order valence-corrected chi connectivity index (χ2v) is 9.07. The van der Waals surface area contributed by atoms with Crippen LogP contribution >= 0.6 is 11.6 Å². The molecule has 1 aliphatic carbocycles. The first-order valence-corrected chi connectivity index (χ1v) is 11.4. The predicted molar refractivity (Wildman–Crippen MR) is 128 cm³/mol. The minimum Gasteiger partial charge on any atom is -0.493 e. The Morgan fingerprint density at radius 1 is 1.26 bits per heavy atom. The molecule has 1 fully saturated rings. The Morgan fingerprint density at radius 2 is 2.09 bits per heavy atom. The lowest BCUT2D eigenvalue weighted by molar-refractivity contribution is 0.138. The second kappa shape index (κ2) is 8.96. The van der Waals surface area contributed by atoms with E-state index in [1.165, 1.54) is 0 Å². The van der Waals surface area contributed by atoms with Crippen molar-refractivity contribution in [3.05, 3.63) is 68.4 Å². The van der Waals surface area contributed by atoms with Crippen LogP contribution in [0.1, 0.15) is 31.4 Å². The molecule has 34 heavy (non-hydrogen) atoms. The Kier molecular flexibility index (Phi) is 5.84. The number of imidazole rings is 1. The molecule has 4 aromatic rings. The number of aromatic hydroxyl groups is 1. The summed E-state index contributed by atoms with van der Waals surface area (Å²) in [6.45, 7) is 0.570. The summed E-state index contributed by atoms with van der Waals surface area (Å²) in [5.41, 5.74) is 1.30. The number of rotatable bonds is 6. The van der Waals surface area contributed by atoms with Crippen molar-refractivity contribution in [3.8, 4) is 5.88 Å². The molecule has 3 aromatic heterocycles. The summed E-state index contributed by atoms with van der Waals surface area (Å²) in [7, 11) is 0.